The summed E-state index contributed by atoms with van der Waals surface area (Å²) in [5, 5.41) is 0. The van der Waals surface area contributed by atoms with Crippen LogP contribution in [0.2, 0.25) is 0 Å². The molecule has 5 nitrogen and oxygen atoms in total. The van der Waals surface area contributed by atoms with Gasteiger partial charge in [0.1, 0.15) is 11.4 Å². The average Bonchev–Trinajstić information content (AvgIpc) is 2.37. The summed E-state index contributed by atoms with van der Waals surface area (Å²) < 4.78 is 5.47. The van der Waals surface area contributed by atoms with Crippen molar-refractivity contribution in [2.75, 3.05) is 18.0 Å². The second-order valence-corrected chi connectivity index (χ2v) is 6.68. The van der Waals surface area contributed by atoms with E-state index in [1.54, 1.807) is 11.1 Å². The van der Waals surface area contributed by atoms with Crippen molar-refractivity contribution < 1.29 is 9.53 Å². The molecule has 1 aromatic rings. The minimum Gasteiger partial charge on any atom is -0.444 e. The van der Waals surface area contributed by atoms with Gasteiger partial charge in [-0.3, -0.25) is 0 Å². The van der Waals surface area contributed by atoms with Crippen LogP contribution >= 0.6 is 0 Å². The van der Waals surface area contributed by atoms with Crippen LogP contribution in [0.5, 0.6) is 0 Å². The van der Waals surface area contributed by atoms with Crippen molar-refractivity contribution in [2.45, 2.75) is 52.3 Å². The largest absolute Gasteiger partial charge is 0.444 e. The summed E-state index contributed by atoms with van der Waals surface area (Å²) in [6.07, 6.45) is 1.57. The number of rotatable bonds is 1. The molecule has 0 N–H and O–H groups in total. The summed E-state index contributed by atoms with van der Waals surface area (Å²) in [7, 11) is 0. The number of pyridine rings is 1. The molecule has 21 heavy (non-hydrogen) atoms. The van der Waals surface area contributed by atoms with Crippen LogP contribution < -0.4 is 4.90 Å². The number of amides is 1. The summed E-state index contributed by atoms with van der Waals surface area (Å²) in [5.74, 6) is 0.960. The first-order valence-electron chi connectivity index (χ1n) is 7.45. The zero-order chi connectivity index (χ0) is 15.6. The second kappa shape index (κ2) is 5.92. The highest BCUT2D eigenvalue weighted by atomic mass is 16.6. The Bertz CT molecular complexity index is 472. The Morgan fingerprint density at radius 2 is 1.86 bits per heavy atom. The molecule has 1 fully saturated rings. The second-order valence-electron chi connectivity index (χ2n) is 6.68. The Hall–Kier alpha value is -1.78. The Kier molecular flexibility index (Phi) is 4.40. The van der Waals surface area contributed by atoms with Crippen LogP contribution in [-0.4, -0.2) is 46.8 Å². The fraction of sp³-hybridized carbons (Fsp3) is 0.625. The molecule has 2 heterocycles. The van der Waals surface area contributed by atoms with Gasteiger partial charge in [0.25, 0.3) is 0 Å². The number of hydrogen-bond acceptors (Lipinski definition) is 4. The number of ether oxygens (including phenoxy) is 1. The predicted octanol–water partition coefficient (Wildman–Crippen LogP) is 2.92. The highest BCUT2D eigenvalue weighted by Crippen LogP contribution is 2.23. The van der Waals surface area contributed by atoms with Gasteiger partial charge >= 0.3 is 6.09 Å². The van der Waals surface area contributed by atoms with Crippen molar-refractivity contribution in [2.24, 2.45) is 0 Å². The standard InChI is InChI=1S/C16H25N3O2/c1-12-10-18(15(20)21-16(3,4)5)11-13(2)19(12)14-8-6-7-9-17-14/h6-9,12-13H,10-11H2,1-5H3. The molecular weight excluding hydrogens is 266 g/mol. The van der Waals surface area contributed by atoms with Crippen molar-refractivity contribution in [3.8, 4) is 0 Å². The molecule has 2 rings (SSSR count). The molecule has 1 saturated heterocycles. The first-order valence-corrected chi connectivity index (χ1v) is 7.45. The van der Waals surface area contributed by atoms with Crippen molar-refractivity contribution >= 4 is 11.9 Å². The first-order chi connectivity index (χ1) is 9.78. The van der Waals surface area contributed by atoms with Gasteiger partial charge in [-0.05, 0) is 46.8 Å². The lowest BCUT2D eigenvalue weighted by Crippen LogP contribution is -2.59. The summed E-state index contributed by atoms with van der Waals surface area (Å²) in [4.78, 5) is 20.7. The smallest absolute Gasteiger partial charge is 0.410 e. The topological polar surface area (TPSA) is 45.7 Å². The number of hydrogen-bond donors (Lipinski definition) is 0. The molecule has 5 heteroatoms. The predicted molar refractivity (Wildman–Crippen MR) is 83.4 cm³/mol. The van der Waals surface area contributed by atoms with E-state index in [0.29, 0.717) is 13.1 Å². The van der Waals surface area contributed by atoms with Gasteiger partial charge in [0.05, 0.1) is 0 Å². The maximum Gasteiger partial charge on any atom is 0.410 e. The third-order valence-electron chi connectivity index (χ3n) is 3.48. The number of anilines is 1. The number of carbonyl (C=O) groups is 1. The first kappa shape index (κ1) is 15.6. The maximum atomic E-state index is 12.2. The zero-order valence-electron chi connectivity index (χ0n) is 13.5. The Morgan fingerprint density at radius 1 is 1.24 bits per heavy atom. The molecule has 1 amide bonds. The minimum absolute atomic E-state index is 0.205. The van der Waals surface area contributed by atoms with E-state index in [1.165, 1.54) is 0 Å². The molecule has 116 valence electrons. The van der Waals surface area contributed by atoms with Crippen molar-refractivity contribution in [3.63, 3.8) is 0 Å². The van der Waals surface area contributed by atoms with Gasteiger partial charge in [0.15, 0.2) is 0 Å². The zero-order valence-corrected chi connectivity index (χ0v) is 13.5. The molecule has 0 saturated carbocycles. The number of aromatic nitrogens is 1. The van der Waals surface area contributed by atoms with Crippen molar-refractivity contribution in [1.29, 1.82) is 0 Å². The third-order valence-corrected chi connectivity index (χ3v) is 3.48. The fourth-order valence-electron chi connectivity index (χ4n) is 2.76. The fourth-order valence-corrected chi connectivity index (χ4v) is 2.76. The number of piperazine rings is 1. The van der Waals surface area contributed by atoms with E-state index < -0.39 is 5.60 Å². The Morgan fingerprint density at radius 3 is 2.33 bits per heavy atom. The minimum atomic E-state index is -0.457. The van der Waals surface area contributed by atoms with E-state index in [-0.39, 0.29) is 18.2 Å². The molecule has 1 aromatic heterocycles. The molecule has 2 atom stereocenters. The van der Waals surface area contributed by atoms with Gasteiger partial charge in [0.2, 0.25) is 0 Å². The molecule has 0 aliphatic carbocycles. The molecule has 0 radical (unpaired) electrons. The van der Waals surface area contributed by atoms with Gasteiger partial charge < -0.3 is 14.5 Å². The maximum absolute atomic E-state index is 12.2. The highest BCUT2D eigenvalue weighted by Gasteiger charge is 2.34. The van der Waals surface area contributed by atoms with Crippen LogP contribution in [0.4, 0.5) is 10.6 Å². The lowest BCUT2D eigenvalue weighted by molar-refractivity contribution is 0.0192. The van der Waals surface area contributed by atoms with Gasteiger partial charge in [0, 0.05) is 31.4 Å². The van der Waals surface area contributed by atoms with E-state index in [9.17, 15) is 4.79 Å². The molecular formula is C16H25N3O2. The SMILES string of the molecule is CC1CN(C(=O)OC(C)(C)C)CC(C)N1c1ccccn1. The molecule has 0 bridgehead atoms. The number of nitrogens with zero attached hydrogens (tertiary/aromatic N) is 3. The lowest BCUT2D eigenvalue weighted by Gasteiger charge is -2.45. The van der Waals surface area contributed by atoms with Crippen molar-refractivity contribution in [3.05, 3.63) is 24.4 Å². The third kappa shape index (κ3) is 3.86. The van der Waals surface area contributed by atoms with Gasteiger partial charge in [-0.1, -0.05) is 6.07 Å². The van der Waals surface area contributed by atoms with Gasteiger partial charge in [-0.15, -0.1) is 0 Å². The summed E-state index contributed by atoms with van der Waals surface area (Å²) in [6.45, 7) is 11.2. The molecule has 0 aromatic carbocycles. The van der Waals surface area contributed by atoms with Crippen LogP contribution in [0.25, 0.3) is 0 Å². The summed E-state index contributed by atoms with van der Waals surface area (Å²) in [6, 6.07) is 6.32. The normalized spacial score (nSPS) is 23.1. The Labute approximate surface area is 126 Å². The monoisotopic (exact) mass is 291 g/mol. The molecule has 0 spiro atoms. The van der Waals surface area contributed by atoms with Crippen LogP contribution in [0, 0.1) is 0 Å². The van der Waals surface area contributed by atoms with Crippen LogP contribution in [0.15, 0.2) is 24.4 Å². The van der Waals surface area contributed by atoms with Crippen LogP contribution in [-0.2, 0) is 4.74 Å². The van der Waals surface area contributed by atoms with Gasteiger partial charge in [-0.2, -0.15) is 0 Å². The van der Waals surface area contributed by atoms with Crippen LogP contribution in [0.1, 0.15) is 34.6 Å². The van der Waals surface area contributed by atoms with E-state index in [4.69, 9.17) is 4.74 Å². The molecule has 1 aliphatic rings. The summed E-state index contributed by atoms with van der Waals surface area (Å²) in [5.41, 5.74) is -0.457. The number of carbonyl (C=O) groups excluding carboxylic acids is 1. The lowest BCUT2D eigenvalue weighted by atomic mass is 10.1. The van der Waals surface area contributed by atoms with E-state index in [2.05, 4.69) is 23.7 Å². The summed E-state index contributed by atoms with van der Waals surface area (Å²) >= 11 is 0. The molecule has 1 aliphatic heterocycles. The average molecular weight is 291 g/mol. The quantitative estimate of drug-likeness (QED) is 0.798. The highest BCUT2D eigenvalue weighted by molar-refractivity contribution is 5.69. The molecule has 2 unspecified atom stereocenters. The van der Waals surface area contributed by atoms with E-state index in [0.717, 1.165) is 5.82 Å². The van der Waals surface area contributed by atoms with E-state index in [1.807, 2.05) is 39.0 Å². The van der Waals surface area contributed by atoms with E-state index >= 15 is 0 Å². The van der Waals surface area contributed by atoms with Gasteiger partial charge in [-0.25, -0.2) is 9.78 Å². The van der Waals surface area contributed by atoms with Crippen LogP contribution in [0.3, 0.4) is 0 Å². The Balaban J connectivity index is 2.07. The van der Waals surface area contributed by atoms with Crippen molar-refractivity contribution in [1.82, 2.24) is 9.88 Å².